The van der Waals surface area contributed by atoms with Gasteiger partial charge in [-0.05, 0) is 60.5 Å². The molecule has 2 saturated carbocycles. The third-order valence-corrected chi connectivity index (χ3v) is 11.7. The summed E-state index contributed by atoms with van der Waals surface area (Å²) in [5.41, 5.74) is 9.41. The molecule has 0 aromatic heterocycles. The van der Waals surface area contributed by atoms with Gasteiger partial charge in [-0.3, -0.25) is 0 Å². The average Bonchev–Trinajstić information content (AvgIpc) is 3.63. The van der Waals surface area contributed by atoms with Crippen LogP contribution >= 0.6 is 17.0 Å². The fourth-order valence-electron chi connectivity index (χ4n) is 9.04. The van der Waals surface area contributed by atoms with E-state index in [0.717, 1.165) is 9.52 Å². The zero-order valence-corrected chi connectivity index (χ0v) is 38.2. The van der Waals surface area contributed by atoms with Crippen molar-refractivity contribution in [3.05, 3.63) is 132 Å². The quantitative estimate of drug-likeness (QED) is 0.0890. The van der Waals surface area contributed by atoms with E-state index in [9.17, 15) is 0 Å². The van der Waals surface area contributed by atoms with Crippen LogP contribution in [0, 0.1) is 10.8 Å². The van der Waals surface area contributed by atoms with Crippen LogP contribution in [0.3, 0.4) is 0 Å². The van der Waals surface area contributed by atoms with Crippen LogP contribution in [0.4, 0.5) is 0 Å². The van der Waals surface area contributed by atoms with E-state index < -0.39 is 20.8 Å². The van der Waals surface area contributed by atoms with Gasteiger partial charge in [0.2, 0.25) is 0 Å². The van der Waals surface area contributed by atoms with Crippen molar-refractivity contribution in [1.29, 1.82) is 0 Å². The van der Waals surface area contributed by atoms with Gasteiger partial charge >= 0.3 is 37.9 Å². The second-order valence-electron chi connectivity index (χ2n) is 16.5. The van der Waals surface area contributed by atoms with Gasteiger partial charge in [-0.25, -0.2) is 0 Å². The summed E-state index contributed by atoms with van der Waals surface area (Å²) in [5.74, 6) is 0. The Balaban J connectivity index is 0.000000182. The van der Waals surface area contributed by atoms with E-state index in [2.05, 4.69) is 148 Å². The van der Waals surface area contributed by atoms with Gasteiger partial charge in [0.15, 0.2) is 0 Å². The molecule has 0 bridgehead atoms. The van der Waals surface area contributed by atoms with Crippen molar-refractivity contribution in [1.82, 2.24) is 0 Å². The Morgan fingerprint density at radius 3 is 1.19 bits per heavy atom. The Morgan fingerprint density at radius 2 is 0.852 bits per heavy atom. The molecule has 0 N–H and O–H groups in total. The fourth-order valence-corrected chi connectivity index (χ4v) is 9.04. The Labute approximate surface area is 348 Å². The molecule has 6 aromatic carbocycles. The molecule has 6 aromatic rings. The van der Waals surface area contributed by atoms with Crippen LogP contribution in [0.15, 0.2) is 121 Å². The molecule has 0 heterocycles. The van der Waals surface area contributed by atoms with Crippen LogP contribution < -0.4 is 0 Å². The molecule has 2 aliphatic rings. The van der Waals surface area contributed by atoms with Crippen molar-refractivity contribution in [3.63, 3.8) is 0 Å². The second kappa shape index (κ2) is 21.9. The Kier molecular flexibility index (Phi) is 17.4. The summed E-state index contributed by atoms with van der Waals surface area (Å²) in [6.07, 6.45) is 19.4. The van der Waals surface area contributed by atoms with Crippen molar-refractivity contribution in [2.75, 3.05) is 0 Å². The predicted octanol–water partition coefficient (Wildman–Crippen LogP) is 16.4. The number of fused-ring (bicyclic) bond motifs is 2. The molecule has 54 heavy (non-hydrogen) atoms. The molecule has 0 nitrogen and oxygen atoms in total. The molecule has 282 valence electrons. The van der Waals surface area contributed by atoms with Crippen LogP contribution in [-0.2, 0) is 33.7 Å². The summed E-state index contributed by atoms with van der Waals surface area (Å²) in [4.78, 5) is 0. The molecule has 0 atom stereocenters. The first kappa shape index (κ1) is 42.9. The summed E-state index contributed by atoms with van der Waals surface area (Å²) in [7, 11) is 11.0. The summed E-state index contributed by atoms with van der Waals surface area (Å²) < 4.78 is 0. The van der Waals surface area contributed by atoms with Gasteiger partial charge in [-0.1, -0.05) is 162 Å². The van der Waals surface area contributed by atoms with E-state index >= 15 is 0 Å². The topological polar surface area (TPSA) is 0 Å². The van der Waals surface area contributed by atoms with Crippen molar-refractivity contribution in [2.45, 2.75) is 117 Å². The minimum absolute atomic E-state index is 0.494. The van der Waals surface area contributed by atoms with Crippen LogP contribution in [-0.4, -0.2) is 9.52 Å². The van der Waals surface area contributed by atoms with E-state index in [0.29, 0.717) is 10.8 Å². The molecule has 0 spiro atoms. The van der Waals surface area contributed by atoms with Gasteiger partial charge in [0.05, 0.1) is 0 Å². The third kappa shape index (κ3) is 12.4. The maximum absolute atomic E-state index is 4.93. The Hall–Kier alpha value is -2.22. The average molecular weight is 851 g/mol. The van der Waals surface area contributed by atoms with Crippen LogP contribution in [0.5, 0.6) is 0 Å². The number of rotatable bonds is 6. The van der Waals surface area contributed by atoms with E-state index in [-0.39, 0.29) is 0 Å². The van der Waals surface area contributed by atoms with Crippen molar-refractivity contribution in [3.8, 4) is 22.3 Å². The fraction of sp³-hybridized carbons (Fsp3) is 0.400. The zero-order valence-electron chi connectivity index (χ0n) is 33.2. The Bertz CT molecular complexity index is 1800. The van der Waals surface area contributed by atoms with Crippen molar-refractivity contribution >= 4 is 48.1 Å². The summed E-state index contributed by atoms with van der Waals surface area (Å²) >= 11 is -0.826. The van der Waals surface area contributed by atoms with E-state index in [1.54, 1.807) is 0 Å². The molecule has 0 unspecified atom stereocenters. The number of hydrogen-bond acceptors (Lipinski definition) is 0. The van der Waals surface area contributed by atoms with E-state index in [4.69, 9.17) is 17.0 Å². The predicted molar refractivity (Wildman–Crippen MR) is 238 cm³/mol. The van der Waals surface area contributed by atoms with E-state index in [1.165, 1.54) is 145 Å². The molecule has 8 rings (SSSR count). The molecular formula is C50H60Cl2SiZr. The summed E-state index contributed by atoms with van der Waals surface area (Å²) in [6.45, 7) is 9.32. The molecule has 0 amide bonds. The van der Waals surface area contributed by atoms with Crippen molar-refractivity contribution in [2.24, 2.45) is 10.8 Å². The molecule has 0 saturated heterocycles. The first-order chi connectivity index (χ1) is 26.3. The van der Waals surface area contributed by atoms with E-state index in [1.807, 2.05) is 0 Å². The molecule has 4 heteroatoms. The van der Waals surface area contributed by atoms with Gasteiger partial charge in [0.1, 0.15) is 0 Å². The monoisotopic (exact) mass is 848 g/mol. The van der Waals surface area contributed by atoms with Crippen LogP contribution in [0.2, 0.25) is 13.1 Å². The molecular weight excluding hydrogens is 791 g/mol. The van der Waals surface area contributed by atoms with Crippen LogP contribution in [0.1, 0.15) is 102 Å². The molecule has 2 aliphatic carbocycles. The van der Waals surface area contributed by atoms with Gasteiger partial charge in [-0.2, -0.15) is 12.1 Å². The van der Waals surface area contributed by atoms with Gasteiger partial charge in [0.25, 0.3) is 0 Å². The molecule has 0 aliphatic heterocycles. The first-order valence-corrected chi connectivity index (χ1v) is 28.7. The SMILES string of the molecule is CC1(Cc2cc3c(-c4ccccc4)cccc3[cH-]2)CCCCCC1.CC1(Cc2cc3c(-c4ccccc4)cccc3[cH-]2)CCCCCC1.C[Si]C.[Cl][Zr+2][Cl]. The summed E-state index contributed by atoms with van der Waals surface area (Å²) in [6, 6.07) is 44.8. The van der Waals surface area contributed by atoms with Gasteiger partial charge in [0, 0.05) is 9.52 Å². The van der Waals surface area contributed by atoms with Gasteiger partial charge < -0.3 is 0 Å². The normalized spacial score (nSPS) is 16.3. The molecule has 2 fully saturated rings. The third-order valence-electron chi connectivity index (χ3n) is 11.7. The molecule has 2 radical (unpaired) electrons. The number of hydrogen-bond donors (Lipinski definition) is 0. The van der Waals surface area contributed by atoms with Crippen LogP contribution in [0.25, 0.3) is 43.8 Å². The second-order valence-corrected chi connectivity index (χ2v) is 21.2. The first-order valence-electron chi connectivity index (χ1n) is 20.3. The maximum atomic E-state index is 4.93. The number of halogens is 2. The number of benzene rings is 4. The standard InChI is InChI=1S/2C24H27.C2H6Si.2ClH.Zr/c2*1-24(14-7-2-3-8-15-24)18-19-16-21-12-9-13-22(23(21)17-19)20-10-5-4-6-11-20;1-3-2;;;/h2*4-6,9-13,16-17H,2-3,7-8,14-15,18H2,1H3;1-2H3;2*1H;/q2*-1;;;;+4/p-2. The summed E-state index contributed by atoms with van der Waals surface area (Å²) in [5, 5.41) is 5.61. The van der Waals surface area contributed by atoms with Gasteiger partial charge in [-0.15, -0.1) is 69.1 Å². The minimum atomic E-state index is -0.826. The zero-order chi connectivity index (χ0) is 38.2. The Morgan fingerprint density at radius 1 is 0.519 bits per heavy atom. The van der Waals surface area contributed by atoms with Crippen molar-refractivity contribution < 1.29 is 20.8 Å².